The molecule has 3 N–H and O–H groups in total. The first-order valence-electron chi connectivity index (χ1n) is 6.68. The van der Waals surface area contributed by atoms with Gasteiger partial charge < -0.3 is 9.80 Å². The topological polar surface area (TPSA) is 96.8 Å². The van der Waals surface area contributed by atoms with Gasteiger partial charge in [-0.15, -0.1) is 0 Å². The van der Waals surface area contributed by atoms with Crippen LogP contribution in [0.5, 0.6) is 0 Å². The van der Waals surface area contributed by atoms with Gasteiger partial charge >= 0.3 is 0 Å². The van der Waals surface area contributed by atoms with Gasteiger partial charge in [0.05, 0.1) is 0 Å². The zero-order chi connectivity index (χ0) is 17.6. The van der Waals surface area contributed by atoms with E-state index in [2.05, 4.69) is 36.2 Å². The van der Waals surface area contributed by atoms with Crippen molar-refractivity contribution in [2.75, 3.05) is 28.2 Å². The summed E-state index contributed by atoms with van der Waals surface area (Å²) >= 11 is 10.2. The fraction of sp³-hybridized carbons (Fsp3) is 0.500. The highest BCUT2D eigenvalue weighted by Crippen LogP contribution is 1.97. The summed E-state index contributed by atoms with van der Waals surface area (Å²) < 4.78 is 0. The van der Waals surface area contributed by atoms with Crippen LogP contribution in [0.15, 0.2) is 10.2 Å². The second-order valence-electron chi connectivity index (χ2n) is 5.02. The lowest BCUT2D eigenvalue weighted by Gasteiger charge is -2.12. The molecular formula is C12H21N9S2. The van der Waals surface area contributed by atoms with Gasteiger partial charge in [-0.25, -0.2) is 4.98 Å². The highest BCUT2D eigenvalue weighted by atomic mass is 32.1. The molecule has 23 heavy (non-hydrogen) atoms. The Bertz CT molecular complexity index is 578. The van der Waals surface area contributed by atoms with E-state index in [0.717, 1.165) is 0 Å². The molecule has 1 aromatic heterocycles. The SMILES string of the molecule is CC(=NNC(=S)N(C)C)c1n[nH]c(C(C)=NNC(=S)N(C)C)n1. The molecule has 0 bridgehead atoms. The fourth-order valence-corrected chi connectivity index (χ4v) is 1.24. The van der Waals surface area contributed by atoms with Crippen LogP contribution in [0.25, 0.3) is 0 Å². The number of hydrogen-bond donors (Lipinski definition) is 3. The van der Waals surface area contributed by atoms with Crippen LogP contribution in [0.4, 0.5) is 0 Å². The summed E-state index contributed by atoms with van der Waals surface area (Å²) in [5.41, 5.74) is 6.74. The molecule has 0 aliphatic rings. The molecule has 1 rings (SSSR count). The molecule has 1 heterocycles. The van der Waals surface area contributed by atoms with Crippen LogP contribution in [-0.4, -0.2) is 74.8 Å². The van der Waals surface area contributed by atoms with E-state index in [-0.39, 0.29) is 0 Å². The molecule has 0 radical (unpaired) electrons. The first-order chi connectivity index (χ1) is 10.7. The van der Waals surface area contributed by atoms with E-state index in [1.165, 1.54) is 0 Å². The van der Waals surface area contributed by atoms with Crippen molar-refractivity contribution in [2.45, 2.75) is 13.8 Å². The van der Waals surface area contributed by atoms with Crippen molar-refractivity contribution in [2.24, 2.45) is 10.2 Å². The van der Waals surface area contributed by atoms with Crippen molar-refractivity contribution in [3.8, 4) is 0 Å². The third-order valence-electron chi connectivity index (χ3n) is 2.60. The van der Waals surface area contributed by atoms with Crippen LogP contribution < -0.4 is 10.9 Å². The van der Waals surface area contributed by atoms with E-state index >= 15 is 0 Å². The van der Waals surface area contributed by atoms with Crippen LogP contribution >= 0.6 is 24.4 Å². The van der Waals surface area contributed by atoms with E-state index in [1.807, 2.05) is 28.2 Å². The zero-order valence-corrected chi connectivity index (χ0v) is 15.6. The average Bonchev–Trinajstić information content (AvgIpc) is 2.99. The highest BCUT2D eigenvalue weighted by Gasteiger charge is 2.09. The Labute approximate surface area is 146 Å². The normalized spacial score (nSPS) is 11.9. The molecule has 0 unspecified atom stereocenters. The molecule has 0 saturated heterocycles. The van der Waals surface area contributed by atoms with Gasteiger partial charge in [-0.1, -0.05) is 0 Å². The van der Waals surface area contributed by atoms with E-state index < -0.39 is 0 Å². The number of hydrazone groups is 2. The minimum atomic E-state index is 0.457. The molecule has 0 aliphatic heterocycles. The Balaban J connectivity index is 2.77. The number of nitrogens with zero attached hydrogens (tertiary/aromatic N) is 6. The monoisotopic (exact) mass is 355 g/mol. The zero-order valence-electron chi connectivity index (χ0n) is 14.0. The lowest BCUT2D eigenvalue weighted by Crippen LogP contribution is -2.31. The third kappa shape index (κ3) is 5.87. The first kappa shape index (κ1) is 18.9. The molecule has 0 aromatic carbocycles. The van der Waals surface area contributed by atoms with Crippen molar-refractivity contribution in [3.05, 3.63) is 11.6 Å². The molecule has 0 amide bonds. The summed E-state index contributed by atoms with van der Waals surface area (Å²) in [6.45, 7) is 3.57. The molecule has 11 heteroatoms. The molecule has 1 aromatic rings. The first-order valence-corrected chi connectivity index (χ1v) is 7.50. The number of aromatic amines is 1. The number of rotatable bonds is 4. The van der Waals surface area contributed by atoms with E-state index in [0.29, 0.717) is 33.3 Å². The van der Waals surface area contributed by atoms with Gasteiger partial charge in [0, 0.05) is 28.2 Å². The third-order valence-corrected chi connectivity index (χ3v) is 3.52. The van der Waals surface area contributed by atoms with E-state index in [4.69, 9.17) is 24.4 Å². The lowest BCUT2D eigenvalue weighted by atomic mass is 10.4. The predicted octanol–water partition coefficient (Wildman–Crippen LogP) is 0.125. The van der Waals surface area contributed by atoms with Gasteiger partial charge in [0.1, 0.15) is 11.4 Å². The standard InChI is InChI=1S/C12H21N9S2/c1-7(14-18-11(22)20(3)4)9-13-10(17-16-9)8(2)15-19-12(23)21(5)6/h1-6H3,(H,18,22)(H,19,23)(H,13,16,17). The fourth-order valence-electron chi connectivity index (χ4n) is 1.15. The van der Waals surface area contributed by atoms with Crippen LogP contribution in [0.2, 0.25) is 0 Å². The largest absolute Gasteiger partial charge is 0.354 e. The number of H-pyrrole nitrogens is 1. The van der Waals surface area contributed by atoms with Gasteiger partial charge in [0.2, 0.25) is 0 Å². The molecule has 0 aliphatic carbocycles. The summed E-state index contributed by atoms with van der Waals surface area (Å²) in [7, 11) is 7.32. The number of hydrogen-bond acceptors (Lipinski definition) is 6. The summed E-state index contributed by atoms with van der Waals surface area (Å²) in [5.74, 6) is 0.984. The smallest absolute Gasteiger partial charge is 0.197 e. The molecular weight excluding hydrogens is 334 g/mol. The van der Waals surface area contributed by atoms with Crippen molar-refractivity contribution >= 4 is 46.1 Å². The average molecular weight is 355 g/mol. The van der Waals surface area contributed by atoms with Crippen LogP contribution in [-0.2, 0) is 0 Å². The van der Waals surface area contributed by atoms with Gasteiger partial charge in [0.15, 0.2) is 21.9 Å². The van der Waals surface area contributed by atoms with Gasteiger partial charge in [-0.3, -0.25) is 16.0 Å². The predicted molar refractivity (Wildman–Crippen MR) is 99.6 cm³/mol. The summed E-state index contributed by atoms with van der Waals surface area (Å²) in [6, 6.07) is 0. The molecule has 0 saturated carbocycles. The summed E-state index contributed by atoms with van der Waals surface area (Å²) in [6.07, 6.45) is 0. The second-order valence-corrected chi connectivity index (χ2v) is 5.80. The highest BCUT2D eigenvalue weighted by molar-refractivity contribution is 7.80. The Morgan fingerprint density at radius 3 is 1.91 bits per heavy atom. The second kappa shape index (κ2) is 8.48. The maximum Gasteiger partial charge on any atom is 0.197 e. The van der Waals surface area contributed by atoms with Crippen molar-refractivity contribution in [1.82, 2.24) is 35.8 Å². The van der Waals surface area contributed by atoms with Crippen LogP contribution in [0.3, 0.4) is 0 Å². The van der Waals surface area contributed by atoms with E-state index in [1.54, 1.807) is 23.6 Å². The number of aromatic nitrogens is 3. The van der Waals surface area contributed by atoms with Crippen LogP contribution in [0, 0.1) is 0 Å². The summed E-state index contributed by atoms with van der Waals surface area (Å²) in [5, 5.41) is 16.2. The molecule has 9 nitrogen and oxygen atoms in total. The quantitative estimate of drug-likeness (QED) is 0.398. The summed E-state index contributed by atoms with van der Waals surface area (Å²) in [4.78, 5) is 7.82. The van der Waals surface area contributed by atoms with Gasteiger partial charge in [-0.2, -0.15) is 15.3 Å². The molecule has 0 fully saturated rings. The van der Waals surface area contributed by atoms with Crippen molar-refractivity contribution in [3.63, 3.8) is 0 Å². The Morgan fingerprint density at radius 2 is 1.43 bits per heavy atom. The lowest BCUT2D eigenvalue weighted by molar-refractivity contribution is 0.606. The minimum absolute atomic E-state index is 0.457. The Morgan fingerprint density at radius 1 is 0.957 bits per heavy atom. The number of thiocarbonyl (C=S) groups is 2. The molecule has 0 spiro atoms. The van der Waals surface area contributed by atoms with Crippen molar-refractivity contribution < 1.29 is 0 Å². The Kier molecular flexibility index (Phi) is 6.97. The molecule has 126 valence electrons. The maximum atomic E-state index is 5.09. The molecule has 0 atom stereocenters. The van der Waals surface area contributed by atoms with Crippen LogP contribution in [0.1, 0.15) is 25.5 Å². The van der Waals surface area contributed by atoms with Crippen molar-refractivity contribution in [1.29, 1.82) is 0 Å². The van der Waals surface area contributed by atoms with Gasteiger partial charge in [0.25, 0.3) is 0 Å². The van der Waals surface area contributed by atoms with Gasteiger partial charge in [-0.05, 0) is 38.3 Å². The Hall–Kier alpha value is -2.14. The van der Waals surface area contributed by atoms with E-state index in [9.17, 15) is 0 Å². The maximum absolute atomic E-state index is 5.09. The number of nitrogens with one attached hydrogen (secondary N) is 3. The minimum Gasteiger partial charge on any atom is -0.354 e.